The van der Waals surface area contributed by atoms with Gasteiger partial charge in [0.15, 0.2) is 0 Å². The molecule has 0 fully saturated rings. The van der Waals surface area contributed by atoms with Gasteiger partial charge in [0, 0.05) is 11.1 Å². The van der Waals surface area contributed by atoms with Crippen LogP contribution in [0.3, 0.4) is 0 Å². The smallest absolute Gasteiger partial charge is 0.282 e. The van der Waals surface area contributed by atoms with Crippen LogP contribution in [-0.4, -0.2) is 0 Å². The molecule has 2 aliphatic heterocycles. The van der Waals surface area contributed by atoms with Crippen LogP contribution in [0.1, 0.15) is 29.5 Å². The lowest BCUT2D eigenvalue weighted by Crippen LogP contribution is -2.18. The molecule has 4 nitrogen and oxygen atoms in total. The van der Waals surface area contributed by atoms with Gasteiger partial charge in [-0.3, -0.25) is 9.13 Å². The third kappa shape index (κ3) is 3.91. The fraction of sp³-hybridized carbons (Fsp3) is 0.125. The number of hydrogen-bond donors (Lipinski definition) is 0. The second kappa shape index (κ2) is 9.02. The zero-order valence-electron chi connectivity index (χ0n) is 20.7. The van der Waals surface area contributed by atoms with Crippen LogP contribution >= 0.6 is 14.7 Å². The zero-order valence-corrected chi connectivity index (χ0v) is 22.5. The van der Waals surface area contributed by atoms with E-state index < -0.39 is 14.7 Å². The number of para-hydroxylation sites is 2. The van der Waals surface area contributed by atoms with Crippen molar-refractivity contribution >= 4 is 25.6 Å². The first-order chi connectivity index (χ1) is 18.5. The molecule has 0 bridgehead atoms. The molecule has 0 N–H and O–H groups in total. The molecule has 1 aliphatic carbocycles. The van der Waals surface area contributed by atoms with E-state index in [4.69, 9.17) is 9.05 Å². The Bertz CT molecular complexity index is 1730. The molecule has 4 aromatic rings. The van der Waals surface area contributed by atoms with E-state index in [0.717, 1.165) is 56.9 Å². The lowest BCUT2D eigenvalue weighted by molar-refractivity contribution is 0.484. The summed E-state index contributed by atoms with van der Waals surface area (Å²) in [6.45, 7) is 0. The van der Waals surface area contributed by atoms with E-state index in [2.05, 4.69) is 6.08 Å². The Kier molecular flexibility index (Phi) is 5.58. The molecule has 3 aliphatic rings. The minimum absolute atomic E-state index is 0.290. The van der Waals surface area contributed by atoms with Gasteiger partial charge in [-0.05, 0) is 53.3 Å². The predicted molar refractivity (Wildman–Crippen MR) is 154 cm³/mol. The summed E-state index contributed by atoms with van der Waals surface area (Å²) in [6, 6.07) is 31.3. The van der Waals surface area contributed by atoms with Crippen LogP contribution < -0.4 is 14.4 Å². The molecule has 0 aromatic heterocycles. The molecule has 0 spiro atoms. The minimum atomic E-state index is -3.17. The molecule has 0 radical (unpaired) electrons. The standard InChI is InChI=1S/C32H26O4P2/c33-37(31-15-7-3-11-27(31)25-9-1-5-13-29(25)35-37)21-23-17-19-24(20-18-23)22-38(34)32-16-8-4-12-28(32)26-10-2-6-14-30(26)36-38/h1-3,5-11,13-20H,4,12,21-22H2. The van der Waals surface area contributed by atoms with Crippen molar-refractivity contribution in [3.05, 3.63) is 131 Å². The summed E-state index contributed by atoms with van der Waals surface area (Å²) in [6.07, 6.45) is 6.49. The van der Waals surface area contributed by atoms with Gasteiger partial charge in [0.2, 0.25) is 0 Å². The highest BCUT2D eigenvalue weighted by Gasteiger charge is 2.38. The molecule has 0 saturated heterocycles. The van der Waals surface area contributed by atoms with Crippen LogP contribution in [0.5, 0.6) is 11.5 Å². The Morgan fingerprint density at radius 2 is 1.16 bits per heavy atom. The first kappa shape index (κ1) is 23.5. The Morgan fingerprint density at radius 3 is 1.89 bits per heavy atom. The maximum absolute atomic E-state index is 14.2. The fourth-order valence-corrected chi connectivity index (χ4v) is 10.5. The van der Waals surface area contributed by atoms with E-state index >= 15 is 0 Å². The van der Waals surface area contributed by atoms with Crippen molar-refractivity contribution in [3.63, 3.8) is 0 Å². The molecule has 4 aromatic carbocycles. The van der Waals surface area contributed by atoms with E-state index in [1.165, 1.54) is 0 Å². The quantitative estimate of drug-likeness (QED) is 0.245. The highest BCUT2D eigenvalue weighted by Crippen LogP contribution is 2.65. The molecule has 0 amide bonds. The Morgan fingerprint density at radius 1 is 0.605 bits per heavy atom. The highest BCUT2D eigenvalue weighted by molar-refractivity contribution is 7.67. The van der Waals surface area contributed by atoms with E-state index in [1.807, 2.05) is 103 Å². The maximum atomic E-state index is 14.2. The molecule has 188 valence electrons. The van der Waals surface area contributed by atoms with Crippen molar-refractivity contribution in [1.29, 1.82) is 0 Å². The van der Waals surface area contributed by atoms with Crippen molar-refractivity contribution in [2.24, 2.45) is 0 Å². The summed E-state index contributed by atoms with van der Waals surface area (Å²) in [5.74, 6) is 1.36. The highest BCUT2D eigenvalue weighted by atomic mass is 31.2. The van der Waals surface area contributed by atoms with Gasteiger partial charge < -0.3 is 9.05 Å². The van der Waals surface area contributed by atoms with E-state index in [9.17, 15) is 9.13 Å². The maximum Gasteiger partial charge on any atom is 0.282 e. The average molecular weight is 537 g/mol. The minimum Gasteiger partial charge on any atom is -0.439 e. The van der Waals surface area contributed by atoms with Crippen LogP contribution in [0.4, 0.5) is 0 Å². The summed E-state index contributed by atoms with van der Waals surface area (Å²) in [5, 5.41) is 1.59. The Balaban J connectivity index is 1.17. The van der Waals surface area contributed by atoms with Gasteiger partial charge in [-0.25, -0.2) is 0 Å². The number of allylic oxidation sites excluding steroid dienone is 4. The van der Waals surface area contributed by atoms with Gasteiger partial charge in [-0.15, -0.1) is 0 Å². The van der Waals surface area contributed by atoms with Crippen molar-refractivity contribution in [3.8, 4) is 22.6 Å². The first-order valence-corrected chi connectivity index (χ1v) is 16.5. The van der Waals surface area contributed by atoms with Crippen molar-refractivity contribution < 1.29 is 18.2 Å². The zero-order chi connectivity index (χ0) is 25.7. The van der Waals surface area contributed by atoms with Crippen LogP contribution in [0.2, 0.25) is 0 Å². The van der Waals surface area contributed by atoms with Gasteiger partial charge in [0.25, 0.3) is 14.7 Å². The molecule has 2 heterocycles. The molecule has 6 heteroatoms. The van der Waals surface area contributed by atoms with Gasteiger partial charge in [0.05, 0.1) is 22.9 Å². The van der Waals surface area contributed by atoms with Gasteiger partial charge in [0.1, 0.15) is 11.5 Å². The summed E-state index contributed by atoms with van der Waals surface area (Å²) in [7, 11) is -6.30. The van der Waals surface area contributed by atoms with E-state index in [-0.39, 0.29) is 6.16 Å². The lowest BCUT2D eigenvalue weighted by atomic mass is 9.96. The molecule has 7 rings (SSSR count). The van der Waals surface area contributed by atoms with Crippen LogP contribution in [0.15, 0.2) is 115 Å². The fourth-order valence-electron chi connectivity index (χ4n) is 5.69. The molecular weight excluding hydrogens is 510 g/mol. The van der Waals surface area contributed by atoms with Crippen LogP contribution in [-0.2, 0) is 21.5 Å². The van der Waals surface area contributed by atoms with E-state index in [0.29, 0.717) is 17.7 Å². The van der Waals surface area contributed by atoms with Crippen molar-refractivity contribution in [2.75, 3.05) is 0 Å². The molecule has 38 heavy (non-hydrogen) atoms. The Hall–Kier alpha value is -3.58. The predicted octanol–water partition coefficient (Wildman–Crippen LogP) is 8.78. The molecular formula is C32H26O4P2. The number of rotatable bonds is 4. The van der Waals surface area contributed by atoms with Crippen LogP contribution in [0.25, 0.3) is 16.7 Å². The second-order valence-corrected chi connectivity index (χ2v) is 14.6. The van der Waals surface area contributed by atoms with Crippen LogP contribution in [0, 0.1) is 0 Å². The summed E-state index contributed by atoms with van der Waals surface area (Å²) < 4.78 is 40.9. The summed E-state index contributed by atoms with van der Waals surface area (Å²) >= 11 is 0. The monoisotopic (exact) mass is 536 g/mol. The summed E-state index contributed by atoms with van der Waals surface area (Å²) in [4.78, 5) is 0. The third-order valence-electron chi connectivity index (χ3n) is 7.47. The van der Waals surface area contributed by atoms with Gasteiger partial charge in [-0.2, -0.15) is 0 Å². The van der Waals surface area contributed by atoms with Gasteiger partial charge in [-0.1, -0.05) is 91.0 Å². The van der Waals surface area contributed by atoms with E-state index in [1.54, 1.807) is 0 Å². The SMILES string of the molecule is O=P1(Cc2ccc(CP3(=O)Oc4ccccc4-c4ccccc43)cc2)Oc2ccccc2C2=C1C=CCC2. The topological polar surface area (TPSA) is 52.6 Å². The van der Waals surface area contributed by atoms with Gasteiger partial charge >= 0.3 is 0 Å². The van der Waals surface area contributed by atoms with Crippen molar-refractivity contribution in [2.45, 2.75) is 25.2 Å². The lowest BCUT2D eigenvalue weighted by Gasteiger charge is -2.31. The third-order valence-corrected chi connectivity index (χ3v) is 12.3. The summed E-state index contributed by atoms with van der Waals surface area (Å²) in [5.41, 5.74) is 5.96. The number of hydrogen-bond acceptors (Lipinski definition) is 4. The largest absolute Gasteiger partial charge is 0.439 e. The Labute approximate surface area is 222 Å². The first-order valence-electron chi connectivity index (χ1n) is 12.9. The normalized spacial score (nSPS) is 22.8. The van der Waals surface area contributed by atoms with Crippen molar-refractivity contribution in [1.82, 2.24) is 0 Å². The molecule has 2 atom stereocenters. The average Bonchev–Trinajstić information content (AvgIpc) is 2.94. The number of fused-ring (bicyclic) bond motifs is 5. The molecule has 2 unspecified atom stereocenters. The molecule has 0 saturated carbocycles. The number of benzene rings is 4. The second-order valence-electron chi connectivity index (χ2n) is 9.98.